The number of hydrogen-bond acceptors (Lipinski definition) is 1. The van der Waals surface area contributed by atoms with Gasteiger partial charge < -0.3 is 0 Å². The molecule has 0 amide bonds. The Balaban J connectivity index is 1.93. The van der Waals surface area contributed by atoms with Crippen molar-refractivity contribution in [3.05, 3.63) is 23.3 Å². The summed E-state index contributed by atoms with van der Waals surface area (Å²) in [6.07, 6.45) is 8.73. The van der Waals surface area contributed by atoms with Crippen molar-refractivity contribution in [1.29, 1.82) is 0 Å². The minimum atomic E-state index is 0.498. The van der Waals surface area contributed by atoms with E-state index < -0.39 is 0 Å². The Morgan fingerprint density at radius 2 is 1.23 bits per heavy atom. The van der Waals surface area contributed by atoms with Crippen LogP contribution in [0.5, 0.6) is 0 Å². The number of allylic oxidation sites excluding steroid dienone is 4. The second-order valence-electron chi connectivity index (χ2n) is 8.29. The zero-order chi connectivity index (χ0) is 16.4. The summed E-state index contributed by atoms with van der Waals surface area (Å²) in [5.41, 5.74) is 2.96. The van der Waals surface area contributed by atoms with Crippen molar-refractivity contribution >= 4 is 5.78 Å². The zero-order valence-corrected chi connectivity index (χ0v) is 15.4. The van der Waals surface area contributed by atoms with Gasteiger partial charge in [0.25, 0.3) is 0 Å². The van der Waals surface area contributed by atoms with Crippen molar-refractivity contribution in [2.75, 3.05) is 0 Å². The molecule has 124 valence electrons. The van der Waals surface area contributed by atoms with Crippen molar-refractivity contribution in [3.63, 3.8) is 0 Å². The highest BCUT2D eigenvalue weighted by molar-refractivity contribution is 5.79. The number of hydrogen-bond donors (Lipinski definition) is 0. The van der Waals surface area contributed by atoms with Crippen molar-refractivity contribution < 1.29 is 4.79 Å². The monoisotopic (exact) mass is 302 g/mol. The third kappa shape index (κ3) is 4.12. The van der Waals surface area contributed by atoms with Crippen LogP contribution in [0.4, 0.5) is 0 Å². The molecule has 0 aromatic carbocycles. The maximum absolute atomic E-state index is 12.7. The van der Waals surface area contributed by atoms with E-state index in [-0.39, 0.29) is 0 Å². The molecule has 0 aromatic heterocycles. The fourth-order valence-electron chi connectivity index (χ4n) is 4.63. The van der Waals surface area contributed by atoms with Gasteiger partial charge in [-0.15, -0.1) is 0 Å². The predicted octanol–water partition coefficient (Wildman–Crippen LogP) is 5.81. The SMILES string of the molecule is CC1=CC(C)CC(CC(=O)CC2CC(C)C=C(C)C2C)C1C. The molecule has 0 aliphatic heterocycles. The first kappa shape index (κ1) is 17.5. The predicted molar refractivity (Wildman–Crippen MR) is 94.6 cm³/mol. The lowest BCUT2D eigenvalue weighted by atomic mass is 9.71. The summed E-state index contributed by atoms with van der Waals surface area (Å²) in [7, 11) is 0. The largest absolute Gasteiger partial charge is 0.300 e. The van der Waals surface area contributed by atoms with Gasteiger partial charge >= 0.3 is 0 Å². The minimum absolute atomic E-state index is 0.498. The van der Waals surface area contributed by atoms with E-state index in [1.165, 1.54) is 24.0 Å². The number of ketones is 1. The Labute approximate surface area is 137 Å². The van der Waals surface area contributed by atoms with E-state index in [1.807, 2.05) is 0 Å². The van der Waals surface area contributed by atoms with E-state index in [0.29, 0.717) is 41.3 Å². The summed E-state index contributed by atoms with van der Waals surface area (Å²) >= 11 is 0. The normalized spacial score (nSPS) is 39.2. The highest BCUT2D eigenvalue weighted by Gasteiger charge is 2.30. The Morgan fingerprint density at radius 3 is 1.59 bits per heavy atom. The first-order chi connectivity index (χ1) is 10.3. The van der Waals surface area contributed by atoms with Gasteiger partial charge in [-0.25, -0.2) is 0 Å². The highest BCUT2D eigenvalue weighted by Crippen LogP contribution is 2.38. The Kier molecular flexibility index (Phi) is 5.69. The molecule has 1 nitrogen and oxygen atoms in total. The molecule has 0 saturated heterocycles. The van der Waals surface area contributed by atoms with E-state index in [9.17, 15) is 4.79 Å². The molecule has 0 fully saturated rings. The van der Waals surface area contributed by atoms with Gasteiger partial charge in [0.2, 0.25) is 0 Å². The van der Waals surface area contributed by atoms with Gasteiger partial charge in [-0.05, 0) is 62.2 Å². The van der Waals surface area contributed by atoms with Gasteiger partial charge in [0.05, 0.1) is 0 Å². The van der Waals surface area contributed by atoms with Gasteiger partial charge in [-0.2, -0.15) is 0 Å². The molecule has 2 rings (SSSR count). The van der Waals surface area contributed by atoms with Gasteiger partial charge in [-0.1, -0.05) is 51.0 Å². The van der Waals surface area contributed by atoms with Crippen LogP contribution in [0.2, 0.25) is 0 Å². The van der Waals surface area contributed by atoms with E-state index in [4.69, 9.17) is 0 Å². The van der Waals surface area contributed by atoms with Crippen LogP contribution in [0, 0.1) is 35.5 Å². The molecule has 1 heteroatoms. The van der Waals surface area contributed by atoms with Crippen LogP contribution in [-0.2, 0) is 4.79 Å². The van der Waals surface area contributed by atoms with Gasteiger partial charge in [0.15, 0.2) is 0 Å². The lowest BCUT2D eigenvalue weighted by Crippen LogP contribution is -2.27. The molecular formula is C21H34O. The second-order valence-corrected chi connectivity index (χ2v) is 8.29. The molecule has 0 aromatic rings. The van der Waals surface area contributed by atoms with Crippen molar-refractivity contribution in [3.8, 4) is 0 Å². The van der Waals surface area contributed by atoms with Crippen molar-refractivity contribution in [2.45, 2.75) is 67.2 Å². The highest BCUT2D eigenvalue weighted by atomic mass is 16.1. The van der Waals surface area contributed by atoms with Crippen LogP contribution < -0.4 is 0 Å². The van der Waals surface area contributed by atoms with Crippen LogP contribution in [0.1, 0.15) is 67.2 Å². The maximum atomic E-state index is 12.7. The van der Waals surface area contributed by atoms with Crippen LogP contribution >= 0.6 is 0 Å². The van der Waals surface area contributed by atoms with Crippen molar-refractivity contribution in [1.82, 2.24) is 0 Å². The average molecular weight is 303 g/mol. The zero-order valence-electron chi connectivity index (χ0n) is 15.4. The lowest BCUT2D eigenvalue weighted by Gasteiger charge is -2.34. The molecule has 0 spiro atoms. The summed E-state index contributed by atoms with van der Waals surface area (Å²) < 4.78 is 0. The summed E-state index contributed by atoms with van der Waals surface area (Å²) in [4.78, 5) is 12.7. The Morgan fingerprint density at radius 1 is 0.864 bits per heavy atom. The smallest absolute Gasteiger partial charge is 0.133 e. The molecule has 22 heavy (non-hydrogen) atoms. The second kappa shape index (κ2) is 7.15. The van der Waals surface area contributed by atoms with E-state index in [2.05, 4.69) is 53.7 Å². The standard InChI is InChI=1S/C21H34O/c1-13-7-15(3)17(5)19(9-13)11-21(22)12-20-10-14(2)8-16(4)18(20)6/h7-8,13-14,17-20H,9-12H2,1-6H3. The third-order valence-electron chi connectivity index (χ3n) is 6.27. The maximum Gasteiger partial charge on any atom is 0.133 e. The van der Waals surface area contributed by atoms with Crippen LogP contribution in [0.15, 0.2) is 23.3 Å². The van der Waals surface area contributed by atoms with Crippen LogP contribution in [0.25, 0.3) is 0 Å². The number of rotatable bonds is 4. The van der Waals surface area contributed by atoms with Gasteiger partial charge in [0, 0.05) is 12.8 Å². The average Bonchev–Trinajstić information content (AvgIpc) is 2.41. The molecule has 0 radical (unpaired) electrons. The minimum Gasteiger partial charge on any atom is -0.300 e. The molecule has 0 bridgehead atoms. The number of carbonyl (C=O) groups excluding carboxylic acids is 1. The summed E-state index contributed by atoms with van der Waals surface area (Å²) in [5.74, 6) is 4.02. The molecule has 0 N–H and O–H groups in total. The van der Waals surface area contributed by atoms with E-state index in [0.717, 1.165) is 12.8 Å². The van der Waals surface area contributed by atoms with E-state index in [1.54, 1.807) is 0 Å². The lowest BCUT2D eigenvalue weighted by molar-refractivity contribution is -0.121. The topological polar surface area (TPSA) is 17.1 Å². The van der Waals surface area contributed by atoms with Crippen molar-refractivity contribution in [2.24, 2.45) is 35.5 Å². The number of carbonyl (C=O) groups is 1. The molecule has 0 heterocycles. The summed E-state index contributed by atoms with van der Waals surface area (Å²) in [6.45, 7) is 13.6. The molecule has 2 aliphatic carbocycles. The molecular weight excluding hydrogens is 268 g/mol. The Bertz CT molecular complexity index is 428. The Hall–Kier alpha value is -0.850. The molecule has 6 unspecified atom stereocenters. The van der Waals surface area contributed by atoms with Crippen LogP contribution in [-0.4, -0.2) is 5.78 Å². The first-order valence-electron chi connectivity index (χ1n) is 9.16. The van der Waals surface area contributed by atoms with E-state index >= 15 is 0 Å². The molecule has 2 aliphatic rings. The summed E-state index contributed by atoms with van der Waals surface area (Å²) in [5, 5.41) is 0. The van der Waals surface area contributed by atoms with Gasteiger partial charge in [0.1, 0.15) is 5.78 Å². The fourth-order valence-corrected chi connectivity index (χ4v) is 4.63. The molecule has 0 saturated carbocycles. The fraction of sp³-hybridized carbons (Fsp3) is 0.762. The number of Topliss-reactive ketones (excluding diaryl/α,β-unsaturated/α-hetero) is 1. The first-order valence-corrected chi connectivity index (χ1v) is 9.16. The molecule has 6 atom stereocenters. The third-order valence-corrected chi connectivity index (χ3v) is 6.27. The quantitative estimate of drug-likeness (QED) is 0.599. The summed E-state index contributed by atoms with van der Waals surface area (Å²) in [6, 6.07) is 0. The van der Waals surface area contributed by atoms with Crippen LogP contribution in [0.3, 0.4) is 0 Å². The van der Waals surface area contributed by atoms with Gasteiger partial charge in [-0.3, -0.25) is 4.79 Å².